The van der Waals surface area contributed by atoms with Crippen LogP contribution in [-0.2, 0) is 21.1 Å². The zero-order chi connectivity index (χ0) is 20.6. The van der Waals surface area contributed by atoms with Gasteiger partial charge in [0.2, 0.25) is 12.7 Å². The molecule has 0 aliphatic carbocycles. The molecular formula is C22H25NO5S. The van der Waals surface area contributed by atoms with Crippen molar-refractivity contribution in [3.8, 4) is 11.5 Å². The van der Waals surface area contributed by atoms with Crippen molar-refractivity contribution in [1.29, 1.82) is 0 Å². The summed E-state index contributed by atoms with van der Waals surface area (Å²) in [6.07, 6.45) is 1.19. The quantitative estimate of drug-likeness (QED) is 0.750. The van der Waals surface area contributed by atoms with Gasteiger partial charge in [-0.05, 0) is 55.7 Å². The van der Waals surface area contributed by atoms with E-state index in [9.17, 15) is 13.2 Å². The monoisotopic (exact) mass is 415 g/mol. The molecule has 2 aliphatic rings. The molecular weight excluding hydrogens is 390 g/mol. The summed E-state index contributed by atoms with van der Waals surface area (Å²) in [5, 5.41) is -0.465. The van der Waals surface area contributed by atoms with E-state index in [1.807, 2.05) is 23.1 Å². The predicted octanol–water partition coefficient (Wildman–Crippen LogP) is 3.16. The minimum absolute atomic E-state index is 0.0627. The van der Waals surface area contributed by atoms with Gasteiger partial charge in [0.25, 0.3) is 0 Å². The highest BCUT2D eigenvalue weighted by Gasteiger charge is 2.28. The van der Waals surface area contributed by atoms with Gasteiger partial charge in [0.15, 0.2) is 21.3 Å². The summed E-state index contributed by atoms with van der Waals surface area (Å²) in [4.78, 5) is 14.9. The SMILES string of the molecule is CC(C)S(=O)(=O)c1ccc(CC(=O)N2CC[C@H](c3ccc4c(c3)OCO4)C2)cc1. The Labute approximate surface area is 171 Å². The average Bonchev–Trinajstić information content (AvgIpc) is 3.37. The van der Waals surface area contributed by atoms with Gasteiger partial charge < -0.3 is 14.4 Å². The lowest BCUT2D eigenvalue weighted by molar-refractivity contribution is -0.129. The summed E-state index contributed by atoms with van der Waals surface area (Å²) in [6.45, 7) is 4.98. The highest BCUT2D eigenvalue weighted by Crippen LogP contribution is 2.37. The first-order valence-electron chi connectivity index (χ1n) is 9.85. The summed E-state index contributed by atoms with van der Waals surface area (Å²) < 4.78 is 35.3. The van der Waals surface area contributed by atoms with Gasteiger partial charge in [0.1, 0.15) is 0 Å². The zero-order valence-electron chi connectivity index (χ0n) is 16.6. The van der Waals surface area contributed by atoms with E-state index < -0.39 is 15.1 Å². The lowest BCUT2D eigenvalue weighted by Gasteiger charge is -2.17. The number of hydrogen-bond acceptors (Lipinski definition) is 5. The van der Waals surface area contributed by atoms with Crippen molar-refractivity contribution in [2.75, 3.05) is 19.9 Å². The van der Waals surface area contributed by atoms with Crippen LogP contribution in [0.3, 0.4) is 0 Å². The number of fused-ring (bicyclic) bond motifs is 1. The Morgan fingerprint density at radius 3 is 2.55 bits per heavy atom. The second-order valence-electron chi connectivity index (χ2n) is 7.85. The molecule has 6 nitrogen and oxygen atoms in total. The fourth-order valence-electron chi connectivity index (χ4n) is 3.78. The standard InChI is InChI=1S/C22H25NO5S/c1-15(2)29(25,26)19-6-3-16(4-7-19)11-22(24)23-10-9-18(13-23)17-5-8-20-21(12-17)28-14-27-20/h3-8,12,15,18H,9-11,13-14H2,1-2H3/t18-/m0/s1. The van der Waals surface area contributed by atoms with Crippen LogP contribution in [0.2, 0.25) is 0 Å². The minimum Gasteiger partial charge on any atom is -0.454 e. The molecule has 4 rings (SSSR count). The zero-order valence-corrected chi connectivity index (χ0v) is 17.4. The maximum Gasteiger partial charge on any atom is 0.231 e. The van der Waals surface area contributed by atoms with Crippen LogP contribution >= 0.6 is 0 Å². The van der Waals surface area contributed by atoms with Crippen LogP contribution in [-0.4, -0.2) is 44.4 Å². The number of hydrogen-bond donors (Lipinski definition) is 0. The Morgan fingerprint density at radius 2 is 1.83 bits per heavy atom. The average molecular weight is 416 g/mol. The first-order valence-corrected chi connectivity index (χ1v) is 11.4. The van der Waals surface area contributed by atoms with Crippen molar-refractivity contribution in [1.82, 2.24) is 4.90 Å². The van der Waals surface area contributed by atoms with Gasteiger partial charge in [-0.25, -0.2) is 8.42 Å². The first-order chi connectivity index (χ1) is 13.8. The van der Waals surface area contributed by atoms with Crippen LogP contribution in [0.15, 0.2) is 47.4 Å². The van der Waals surface area contributed by atoms with Crippen LogP contribution in [0.4, 0.5) is 0 Å². The third-order valence-corrected chi connectivity index (χ3v) is 7.81. The number of amides is 1. The van der Waals surface area contributed by atoms with Gasteiger partial charge in [0.05, 0.1) is 16.6 Å². The summed E-state index contributed by atoms with van der Waals surface area (Å²) >= 11 is 0. The molecule has 1 fully saturated rings. The smallest absolute Gasteiger partial charge is 0.231 e. The van der Waals surface area contributed by atoms with Crippen molar-refractivity contribution >= 4 is 15.7 Å². The van der Waals surface area contributed by atoms with Crippen LogP contribution in [0, 0.1) is 0 Å². The fourth-order valence-corrected chi connectivity index (χ4v) is 4.84. The Morgan fingerprint density at radius 1 is 1.10 bits per heavy atom. The molecule has 1 saturated heterocycles. The van der Waals surface area contributed by atoms with Crippen molar-refractivity contribution in [3.63, 3.8) is 0 Å². The van der Waals surface area contributed by atoms with Crippen LogP contribution in [0.25, 0.3) is 0 Å². The molecule has 0 saturated carbocycles. The molecule has 29 heavy (non-hydrogen) atoms. The molecule has 0 radical (unpaired) electrons. The van der Waals surface area contributed by atoms with E-state index in [1.165, 1.54) is 0 Å². The number of ether oxygens (including phenoxy) is 2. The van der Waals surface area contributed by atoms with E-state index >= 15 is 0 Å². The third kappa shape index (κ3) is 3.96. The van der Waals surface area contributed by atoms with E-state index in [-0.39, 0.29) is 25.0 Å². The van der Waals surface area contributed by atoms with E-state index in [2.05, 4.69) is 0 Å². The predicted molar refractivity (Wildman–Crippen MR) is 109 cm³/mol. The summed E-state index contributed by atoms with van der Waals surface area (Å²) in [5.74, 6) is 1.88. The molecule has 0 N–H and O–H groups in total. The number of sulfone groups is 1. The lowest BCUT2D eigenvalue weighted by atomic mass is 9.98. The molecule has 1 atom stereocenters. The summed E-state index contributed by atoms with van der Waals surface area (Å²) in [7, 11) is -3.29. The maximum absolute atomic E-state index is 12.7. The molecule has 1 amide bonds. The third-order valence-electron chi connectivity index (χ3n) is 5.64. The Bertz CT molecular complexity index is 1010. The normalized spacial score (nSPS) is 18.4. The number of benzene rings is 2. The molecule has 0 unspecified atom stereocenters. The number of nitrogens with zero attached hydrogens (tertiary/aromatic N) is 1. The molecule has 7 heteroatoms. The van der Waals surface area contributed by atoms with E-state index in [0.717, 1.165) is 35.6 Å². The summed E-state index contributed by atoms with van der Waals surface area (Å²) in [5.41, 5.74) is 1.98. The minimum atomic E-state index is -3.29. The second kappa shape index (κ2) is 7.71. The largest absolute Gasteiger partial charge is 0.454 e. The van der Waals surface area contributed by atoms with E-state index in [4.69, 9.17) is 9.47 Å². The maximum atomic E-state index is 12.7. The van der Waals surface area contributed by atoms with E-state index in [1.54, 1.807) is 38.1 Å². The molecule has 2 aromatic rings. The number of rotatable bonds is 5. The number of carbonyl (C=O) groups is 1. The number of carbonyl (C=O) groups excluding carboxylic acids is 1. The Hall–Kier alpha value is -2.54. The Kier molecular flexibility index (Phi) is 5.25. The van der Waals surface area contributed by atoms with Crippen LogP contribution in [0.1, 0.15) is 37.3 Å². The van der Waals surface area contributed by atoms with Gasteiger partial charge in [0, 0.05) is 19.0 Å². The van der Waals surface area contributed by atoms with Crippen molar-refractivity contribution in [2.45, 2.75) is 42.8 Å². The lowest BCUT2D eigenvalue weighted by Crippen LogP contribution is -2.29. The van der Waals surface area contributed by atoms with E-state index in [0.29, 0.717) is 11.4 Å². The fraction of sp³-hybridized carbons (Fsp3) is 0.409. The topological polar surface area (TPSA) is 72.9 Å². The van der Waals surface area contributed by atoms with Gasteiger partial charge in [-0.2, -0.15) is 0 Å². The molecule has 0 aromatic heterocycles. The molecule has 0 bridgehead atoms. The van der Waals surface area contributed by atoms with Crippen molar-refractivity contribution in [3.05, 3.63) is 53.6 Å². The van der Waals surface area contributed by atoms with Gasteiger partial charge in [-0.15, -0.1) is 0 Å². The molecule has 2 aliphatic heterocycles. The molecule has 0 spiro atoms. The van der Waals surface area contributed by atoms with Crippen LogP contribution < -0.4 is 9.47 Å². The molecule has 154 valence electrons. The Balaban J connectivity index is 1.38. The molecule has 2 heterocycles. The first kappa shape index (κ1) is 19.8. The van der Waals surface area contributed by atoms with Crippen molar-refractivity contribution in [2.24, 2.45) is 0 Å². The van der Waals surface area contributed by atoms with Gasteiger partial charge in [-0.1, -0.05) is 18.2 Å². The van der Waals surface area contributed by atoms with Gasteiger partial charge >= 0.3 is 0 Å². The highest BCUT2D eigenvalue weighted by molar-refractivity contribution is 7.92. The summed E-state index contributed by atoms with van der Waals surface area (Å²) in [6, 6.07) is 12.6. The highest BCUT2D eigenvalue weighted by atomic mass is 32.2. The van der Waals surface area contributed by atoms with Crippen LogP contribution in [0.5, 0.6) is 11.5 Å². The number of likely N-dealkylation sites (tertiary alicyclic amines) is 1. The van der Waals surface area contributed by atoms with Gasteiger partial charge in [-0.3, -0.25) is 4.79 Å². The van der Waals surface area contributed by atoms with Crippen molar-refractivity contribution < 1.29 is 22.7 Å². The molecule has 2 aromatic carbocycles. The second-order valence-corrected chi connectivity index (χ2v) is 10.4.